The Bertz CT molecular complexity index is 2670. The molecule has 0 saturated carbocycles. The van der Waals surface area contributed by atoms with E-state index in [0.717, 1.165) is 51.1 Å². The molecule has 9 rings (SSSR count). The molecule has 0 aliphatic rings. The molecule has 0 aliphatic heterocycles. The molecule has 3 nitrogen and oxygen atoms in total. The molecular formula is C49H37N3. The number of hydrogen-bond donors (Lipinski definition) is 0. The Balaban J connectivity index is 1.19. The molecule has 0 amide bonds. The lowest BCUT2D eigenvalue weighted by Gasteiger charge is -2.17. The van der Waals surface area contributed by atoms with Crippen LogP contribution in [0.1, 0.15) is 25.0 Å². The zero-order valence-electron chi connectivity index (χ0n) is 29.3. The van der Waals surface area contributed by atoms with Gasteiger partial charge in [0.15, 0.2) is 17.5 Å². The van der Waals surface area contributed by atoms with Crippen molar-refractivity contribution < 1.29 is 0 Å². The van der Waals surface area contributed by atoms with Gasteiger partial charge >= 0.3 is 0 Å². The summed E-state index contributed by atoms with van der Waals surface area (Å²) >= 11 is 0. The molecule has 0 spiro atoms. The summed E-state index contributed by atoms with van der Waals surface area (Å²) in [5.74, 6) is 2.01. The van der Waals surface area contributed by atoms with Crippen LogP contribution < -0.4 is 0 Å². The Kier molecular flexibility index (Phi) is 8.09. The molecule has 248 valence electrons. The molecule has 0 radical (unpaired) electrons. The fraction of sp³-hybridized carbons (Fsp3) is 0.0816. The smallest absolute Gasteiger partial charge is 0.164 e. The average Bonchev–Trinajstić information content (AvgIpc) is 3.22. The Hall–Kier alpha value is -6.45. The summed E-state index contributed by atoms with van der Waals surface area (Å²) in [5, 5.41) is 7.09. The SMILES string of the molecule is CCc1cc(-c2nc(-c3cccc4ccccc34)nc(-c3cccc4ccccc34)n2)ccc1-c1ccc(-c2cccc3ccccc23)cc1CC. The van der Waals surface area contributed by atoms with E-state index in [1.165, 1.54) is 44.2 Å². The lowest BCUT2D eigenvalue weighted by Crippen LogP contribution is -2.02. The van der Waals surface area contributed by atoms with Crippen molar-refractivity contribution in [2.75, 3.05) is 0 Å². The Labute approximate surface area is 304 Å². The largest absolute Gasteiger partial charge is 0.208 e. The standard InChI is InChI=1S/C49H37N3/c1-3-32-30-37(42-23-11-17-34-14-5-8-20-39(34)42)26-28-43(32)44-29-27-38(31-33(44)4-2)47-50-48(45-24-12-18-35-15-6-9-21-40(35)45)52-49(51-47)46-25-13-19-36-16-7-10-22-41(36)46/h5-31H,3-4H2,1-2H3. The number of fused-ring (bicyclic) bond motifs is 3. The second-order valence-electron chi connectivity index (χ2n) is 13.3. The third kappa shape index (κ3) is 5.61. The minimum atomic E-state index is 0.670. The van der Waals surface area contributed by atoms with E-state index < -0.39 is 0 Å². The van der Waals surface area contributed by atoms with E-state index in [-0.39, 0.29) is 0 Å². The Morgan fingerprint density at radius 2 is 0.712 bits per heavy atom. The quantitative estimate of drug-likeness (QED) is 0.170. The molecule has 1 heterocycles. The van der Waals surface area contributed by atoms with Gasteiger partial charge in [0.05, 0.1) is 0 Å². The van der Waals surface area contributed by atoms with Crippen LogP contribution in [0.4, 0.5) is 0 Å². The van der Waals surface area contributed by atoms with Gasteiger partial charge in [-0.25, -0.2) is 15.0 Å². The molecule has 8 aromatic carbocycles. The maximum atomic E-state index is 5.19. The van der Waals surface area contributed by atoms with Crippen molar-refractivity contribution in [3.8, 4) is 56.4 Å². The summed E-state index contributed by atoms with van der Waals surface area (Å²) in [7, 11) is 0. The summed E-state index contributed by atoms with van der Waals surface area (Å²) < 4.78 is 0. The number of nitrogens with zero attached hydrogens (tertiary/aromatic N) is 3. The number of hydrogen-bond acceptors (Lipinski definition) is 3. The van der Waals surface area contributed by atoms with Crippen molar-refractivity contribution in [1.29, 1.82) is 0 Å². The van der Waals surface area contributed by atoms with Gasteiger partial charge in [-0.1, -0.05) is 172 Å². The maximum Gasteiger partial charge on any atom is 0.164 e. The maximum absolute atomic E-state index is 5.19. The average molecular weight is 668 g/mol. The topological polar surface area (TPSA) is 38.7 Å². The van der Waals surface area contributed by atoms with Gasteiger partial charge < -0.3 is 0 Å². The molecule has 0 N–H and O–H groups in total. The van der Waals surface area contributed by atoms with Crippen LogP contribution in [0.15, 0.2) is 164 Å². The molecule has 0 fully saturated rings. The van der Waals surface area contributed by atoms with Crippen LogP contribution in [0.2, 0.25) is 0 Å². The lowest BCUT2D eigenvalue weighted by atomic mass is 9.89. The van der Waals surface area contributed by atoms with Gasteiger partial charge in [-0.15, -0.1) is 0 Å². The van der Waals surface area contributed by atoms with Gasteiger partial charge in [0.1, 0.15) is 0 Å². The van der Waals surface area contributed by atoms with Crippen LogP contribution in [0.25, 0.3) is 88.7 Å². The Morgan fingerprint density at radius 1 is 0.327 bits per heavy atom. The van der Waals surface area contributed by atoms with Crippen LogP contribution in [0, 0.1) is 0 Å². The number of aryl methyl sites for hydroxylation is 2. The lowest BCUT2D eigenvalue weighted by molar-refractivity contribution is 1.07. The third-order valence-electron chi connectivity index (χ3n) is 10.3. The van der Waals surface area contributed by atoms with Crippen LogP contribution in [-0.2, 0) is 12.8 Å². The zero-order valence-corrected chi connectivity index (χ0v) is 29.3. The van der Waals surface area contributed by atoms with Gasteiger partial charge in [0.2, 0.25) is 0 Å². The highest BCUT2D eigenvalue weighted by Crippen LogP contribution is 2.37. The second kappa shape index (κ2) is 13.4. The predicted octanol–water partition coefficient (Wildman–Crippen LogP) is 12.8. The summed E-state index contributed by atoms with van der Waals surface area (Å²) in [5.41, 5.74) is 10.6. The highest BCUT2D eigenvalue weighted by molar-refractivity contribution is 5.99. The summed E-state index contributed by atoms with van der Waals surface area (Å²) in [6.07, 6.45) is 1.82. The first kappa shape index (κ1) is 31.5. The van der Waals surface area contributed by atoms with E-state index in [1.807, 2.05) is 0 Å². The first-order chi connectivity index (χ1) is 25.7. The molecule has 0 atom stereocenters. The Morgan fingerprint density at radius 3 is 1.21 bits per heavy atom. The number of rotatable bonds is 7. The van der Waals surface area contributed by atoms with Crippen molar-refractivity contribution in [2.45, 2.75) is 26.7 Å². The van der Waals surface area contributed by atoms with Gasteiger partial charge in [-0.05, 0) is 84.6 Å². The van der Waals surface area contributed by atoms with E-state index in [9.17, 15) is 0 Å². The molecule has 0 unspecified atom stereocenters. The third-order valence-corrected chi connectivity index (χ3v) is 10.3. The number of aromatic nitrogens is 3. The van der Waals surface area contributed by atoms with Gasteiger partial charge in [-0.2, -0.15) is 0 Å². The fourth-order valence-corrected chi connectivity index (χ4v) is 7.67. The molecule has 3 heteroatoms. The minimum Gasteiger partial charge on any atom is -0.208 e. The summed E-state index contributed by atoms with van der Waals surface area (Å²) in [6, 6.07) is 58.4. The highest BCUT2D eigenvalue weighted by atomic mass is 15.0. The van der Waals surface area contributed by atoms with E-state index in [4.69, 9.17) is 15.0 Å². The molecule has 1 aromatic heterocycles. The molecular weight excluding hydrogens is 631 g/mol. The zero-order chi connectivity index (χ0) is 35.0. The minimum absolute atomic E-state index is 0.670. The van der Waals surface area contributed by atoms with Crippen molar-refractivity contribution in [2.24, 2.45) is 0 Å². The van der Waals surface area contributed by atoms with E-state index in [2.05, 4.69) is 178 Å². The van der Waals surface area contributed by atoms with Crippen LogP contribution in [0.5, 0.6) is 0 Å². The first-order valence-corrected chi connectivity index (χ1v) is 18.2. The first-order valence-electron chi connectivity index (χ1n) is 18.2. The highest BCUT2D eigenvalue weighted by Gasteiger charge is 2.18. The number of benzene rings is 8. The van der Waals surface area contributed by atoms with Crippen molar-refractivity contribution in [3.05, 3.63) is 175 Å². The van der Waals surface area contributed by atoms with E-state index >= 15 is 0 Å². The molecule has 0 aliphatic carbocycles. The second-order valence-corrected chi connectivity index (χ2v) is 13.3. The van der Waals surface area contributed by atoms with Crippen molar-refractivity contribution in [1.82, 2.24) is 15.0 Å². The molecule has 0 bridgehead atoms. The fourth-order valence-electron chi connectivity index (χ4n) is 7.67. The van der Waals surface area contributed by atoms with Gasteiger partial charge in [-0.3, -0.25) is 0 Å². The van der Waals surface area contributed by atoms with Crippen LogP contribution in [-0.4, -0.2) is 15.0 Å². The summed E-state index contributed by atoms with van der Waals surface area (Å²) in [6.45, 7) is 4.48. The van der Waals surface area contributed by atoms with Crippen LogP contribution >= 0.6 is 0 Å². The van der Waals surface area contributed by atoms with Crippen molar-refractivity contribution >= 4 is 32.3 Å². The molecule has 9 aromatic rings. The normalized spacial score (nSPS) is 11.4. The predicted molar refractivity (Wildman–Crippen MR) is 218 cm³/mol. The molecule has 0 saturated heterocycles. The van der Waals surface area contributed by atoms with Crippen molar-refractivity contribution in [3.63, 3.8) is 0 Å². The van der Waals surface area contributed by atoms with Gasteiger partial charge in [0, 0.05) is 16.7 Å². The monoisotopic (exact) mass is 667 g/mol. The van der Waals surface area contributed by atoms with Crippen LogP contribution in [0.3, 0.4) is 0 Å². The van der Waals surface area contributed by atoms with E-state index in [0.29, 0.717) is 17.5 Å². The summed E-state index contributed by atoms with van der Waals surface area (Å²) in [4.78, 5) is 15.5. The van der Waals surface area contributed by atoms with E-state index in [1.54, 1.807) is 0 Å². The van der Waals surface area contributed by atoms with Gasteiger partial charge in [0.25, 0.3) is 0 Å². The molecule has 52 heavy (non-hydrogen) atoms.